The molecule has 0 heterocycles. The number of rotatable bonds is 8. The maximum absolute atomic E-state index is 11.5. The molecular formula is C19H25BN2O2. The molecule has 0 aliphatic rings. The summed E-state index contributed by atoms with van der Waals surface area (Å²) in [5.74, 6) is -0.162. The van der Waals surface area contributed by atoms with Crippen LogP contribution in [0.4, 0.5) is 4.79 Å². The molecule has 0 bridgehead atoms. The van der Waals surface area contributed by atoms with Crippen LogP contribution in [0.3, 0.4) is 0 Å². The van der Waals surface area contributed by atoms with Gasteiger partial charge in [0.2, 0.25) is 7.85 Å². The van der Waals surface area contributed by atoms with Crippen molar-refractivity contribution in [2.45, 2.75) is 37.5 Å². The summed E-state index contributed by atoms with van der Waals surface area (Å²) < 4.78 is 0. The molecule has 1 amide bonds. The zero-order chi connectivity index (χ0) is 17.4. The summed E-state index contributed by atoms with van der Waals surface area (Å²) in [6.45, 7) is 0. The van der Waals surface area contributed by atoms with Crippen LogP contribution < -0.4 is 11.1 Å². The van der Waals surface area contributed by atoms with Gasteiger partial charge in [0, 0.05) is 6.04 Å². The van der Waals surface area contributed by atoms with Gasteiger partial charge in [-0.15, -0.1) is 0 Å². The van der Waals surface area contributed by atoms with Gasteiger partial charge in [-0.25, -0.2) is 0 Å². The summed E-state index contributed by atoms with van der Waals surface area (Å²) in [6, 6.07) is 19.1. The van der Waals surface area contributed by atoms with Crippen molar-refractivity contribution in [3.8, 4) is 0 Å². The second-order valence-corrected chi connectivity index (χ2v) is 6.18. The minimum Gasteiger partial charge on any atom is -0.389 e. The molecule has 4 N–H and O–H groups in total. The third-order valence-electron chi connectivity index (χ3n) is 4.15. The fourth-order valence-electron chi connectivity index (χ4n) is 2.83. The average Bonchev–Trinajstić information content (AvgIpc) is 2.60. The molecule has 0 fully saturated rings. The molecule has 0 radical (unpaired) electrons. The first-order valence-corrected chi connectivity index (χ1v) is 8.35. The number of benzene rings is 2. The molecule has 4 nitrogen and oxygen atoms in total. The smallest absolute Gasteiger partial charge is 0.215 e. The number of aliphatic hydroxyl groups is 1. The van der Waals surface area contributed by atoms with E-state index in [-0.39, 0.29) is 5.81 Å². The van der Waals surface area contributed by atoms with E-state index in [0.29, 0.717) is 12.8 Å². The van der Waals surface area contributed by atoms with Gasteiger partial charge >= 0.3 is 0 Å². The number of aliphatic hydroxyl groups excluding tert-OH is 1. The van der Waals surface area contributed by atoms with Crippen molar-refractivity contribution in [1.82, 2.24) is 5.32 Å². The summed E-state index contributed by atoms with van der Waals surface area (Å²) in [6.07, 6.45) is 1.23. The first-order chi connectivity index (χ1) is 11.6. The van der Waals surface area contributed by atoms with Gasteiger partial charge in [0.25, 0.3) is 0 Å². The second kappa shape index (κ2) is 9.25. The Morgan fingerprint density at radius 3 is 2.12 bits per heavy atom. The summed E-state index contributed by atoms with van der Waals surface area (Å²) in [5, 5.41) is 13.5. The van der Waals surface area contributed by atoms with Crippen LogP contribution in [-0.4, -0.2) is 36.9 Å². The van der Waals surface area contributed by atoms with E-state index in [1.54, 1.807) is 0 Å². The summed E-state index contributed by atoms with van der Waals surface area (Å²) in [7, 11) is 1.46. The van der Waals surface area contributed by atoms with E-state index in [0.717, 1.165) is 12.0 Å². The molecule has 0 unspecified atom stereocenters. The van der Waals surface area contributed by atoms with Gasteiger partial charge < -0.3 is 16.2 Å². The van der Waals surface area contributed by atoms with Crippen molar-refractivity contribution in [3.63, 3.8) is 0 Å². The molecule has 24 heavy (non-hydrogen) atoms. The number of hydrogen-bond donors (Lipinski definition) is 3. The SMILES string of the molecule is BC(=O)N[C@H](Cc1ccccc1)[C@H](O)[C@H](N)CCc1ccccc1. The second-order valence-electron chi connectivity index (χ2n) is 6.18. The largest absolute Gasteiger partial charge is 0.389 e. The van der Waals surface area contributed by atoms with Crippen molar-refractivity contribution in [2.75, 3.05) is 0 Å². The molecule has 0 saturated heterocycles. The van der Waals surface area contributed by atoms with Crippen molar-refractivity contribution < 1.29 is 9.90 Å². The van der Waals surface area contributed by atoms with Crippen LogP contribution in [0.2, 0.25) is 0 Å². The Labute approximate surface area is 144 Å². The van der Waals surface area contributed by atoms with Crippen molar-refractivity contribution >= 4 is 13.7 Å². The molecule has 0 saturated carbocycles. The van der Waals surface area contributed by atoms with Crippen LogP contribution in [0.15, 0.2) is 60.7 Å². The Morgan fingerprint density at radius 2 is 1.58 bits per heavy atom. The quantitative estimate of drug-likeness (QED) is 0.640. The van der Waals surface area contributed by atoms with Gasteiger partial charge in [-0.3, -0.25) is 4.79 Å². The minimum absolute atomic E-state index is 0.162. The zero-order valence-electron chi connectivity index (χ0n) is 14.1. The number of aryl methyl sites for hydroxylation is 1. The third kappa shape index (κ3) is 5.83. The molecule has 0 aliphatic heterocycles. The molecule has 0 spiro atoms. The van der Waals surface area contributed by atoms with Crippen molar-refractivity contribution in [2.24, 2.45) is 5.73 Å². The molecule has 2 rings (SSSR count). The number of carbonyl (C=O) groups is 1. The van der Waals surface area contributed by atoms with Crippen LogP contribution in [0.1, 0.15) is 17.5 Å². The van der Waals surface area contributed by atoms with Crippen LogP contribution in [0.25, 0.3) is 0 Å². The predicted molar refractivity (Wildman–Crippen MR) is 99.8 cm³/mol. The van der Waals surface area contributed by atoms with Gasteiger partial charge in [-0.2, -0.15) is 0 Å². The Morgan fingerprint density at radius 1 is 1.04 bits per heavy atom. The van der Waals surface area contributed by atoms with E-state index in [1.807, 2.05) is 60.7 Å². The lowest BCUT2D eigenvalue weighted by atomic mass is 9.92. The normalized spacial score (nSPS) is 14.6. The van der Waals surface area contributed by atoms with Crippen molar-refractivity contribution in [1.29, 1.82) is 0 Å². The number of nitrogens with two attached hydrogens (primary N) is 1. The molecule has 3 atom stereocenters. The molecule has 5 heteroatoms. The van der Waals surface area contributed by atoms with Crippen LogP contribution in [0, 0.1) is 0 Å². The first-order valence-electron chi connectivity index (χ1n) is 8.35. The minimum atomic E-state index is -0.794. The van der Waals surface area contributed by atoms with E-state index in [9.17, 15) is 9.90 Å². The van der Waals surface area contributed by atoms with E-state index in [2.05, 4.69) is 5.32 Å². The predicted octanol–water partition coefficient (Wildman–Crippen LogP) is 1.26. The maximum Gasteiger partial charge on any atom is 0.215 e. The number of carbonyl (C=O) groups excluding carboxylic acids is 1. The lowest BCUT2D eigenvalue weighted by Gasteiger charge is -2.28. The monoisotopic (exact) mass is 324 g/mol. The van der Waals surface area contributed by atoms with E-state index in [4.69, 9.17) is 5.73 Å². The topological polar surface area (TPSA) is 75.3 Å². The molecule has 2 aromatic carbocycles. The number of hydrogen-bond acceptors (Lipinski definition) is 3. The van der Waals surface area contributed by atoms with Crippen LogP contribution >= 0.6 is 0 Å². The molecular weight excluding hydrogens is 299 g/mol. The lowest BCUT2D eigenvalue weighted by molar-refractivity contribution is 0.102. The summed E-state index contributed by atoms with van der Waals surface area (Å²) in [5.41, 5.74) is 8.45. The highest BCUT2D eigenvalue weighted by molar-refractivity contribution is 6.57. The van der Waals surface area contributed by atoms with E-state index >= 15 is 0 Å². The Kier molecular flexibility index (Phi) is 7.03. The highest BCUT2D eigenvalue weighted by Crippen LogP contribution is 2.12. The molecule has 2 aromatic rings. The van der Waals surface area contributed by atoms with E-state index in [1.165, 1.54) is 13.4 Å². The average molecular weight is 324 g/mol. The molecule has 0 aliphatic carbocycles. The van der Waals surface area contributed by atoms with Crippen molar-refractivity contribution in [3.05, 3.63) is 71.8 Å². The van der Waals surface area contributed by atoms with E-state index < -0.39 is 18.2 Å². The maximum atomic E-state index is 11.5. The fourth-order valence-corrected chi connectivity index (χ4v) is 2.83. The number of nitrogens with one attached hydrogen (secondary N) is 1. The Hall–Kier alpha value is -2.11. The highest BCUT2D eigenvalue weighted by atomic mass is 16.3. The standard InChI is InChI=1S/C19H25BN2O2/c20-19(24)22-17(13-15-9-5-2-6-10-15)18(23)16(21)12-11-14-7-3-1-4-8-14/h1-10,16-18,23H,11-13,20-21H2,(H,22,24)/t16-,17-,18-/m1/s1. The van der Waals surface area contributed by atoms with Gasteiger partial charge in [0.1, 0.15) is 0 Å². The lowest BCUT2D eigenvalue weighted by Crippen LogP contribution is -2.52. The third-order valence-corrected chi connectivity index (χ3v) is 4.15. The summed E-state index contributed by atoms with van der Waals surface area (Å²) in [4.78, 5) is 11.5. The van der Waals surface area contributed by atoms with Gasteiger partial charge in [0.15, 0.2) is 5.81 Å². The Balaban J connectivity index is 1.97. The van der Waals surface area contributed by atoms with Crippen LogP contribution in [-0.2, 0) is 12.8 Å². The van der Waals surface area contributed by atoms with Gasteiger partial charge in [0.05, 0.1) is 12.1 Å². The van der Waals surface area contributed by atoms with Crippen LogP contribution in [0.5, 0.6) is 0 Å². The Bertz CT molecular complexity index is 622. The van der Waals surface area contributed by atoms with Gasteiger partial charge in [-0.05, 0) is 30.4 Å². The highest BCUT2D eigenvalue weighted by Gasteiger charge is 2.26. The number of amides is 1. The fraction of sp³-hybridized carbons (Fsp3) is 0.316. The zero-order valence-corrected chi connectivity index (χ0v) is 14.1. The first kappa shape index (κ1) is 18.2. The van der Waals surface area contributed by atoms with Gasteiger partial charge in [-0.1, -0.05) is 60.7 Å². The molecule has 0 aromatic heterocycles. The molecule has 126 valence electrons. The summed E-state index contributed by atoms with van der Waals surface area (Å²) >= 11 is 0.